The minimum absolute atomic E-state index is 0.167. The van der Waals surface area contributed by atoms with E-state index in [1.165, 1.54) is 0 Å². The average Bonchev–Trinajstić information content (AvgIpc) is 2.16. The highest BCUT2D eigenvalue weighted by Gasteiger charge is 2.32. The molecule has 0 saturated carbocycles. The molecule has 0 aliphatic carbocycles. The molecule has 0 amide bonds. The first-order chi connectivity index (χ1) is 5.81. The molecule has 0 aromatic heterocycles. The van der Waals surface area contributed by atoms with E-state index in [-0.39, 0.29) is 19.6 Å². The van der Waals surface area contributed by atoms with Gasteiger partial charge in [-0.3, -0.25) is 0 Å². The second-order valence-electron chi connectivity index (χ2n) is 2.72. The fraction of sp³-hybridized carbons (Fsp3) is 1.00. The van der Waals surface area contributed by atoms with Crippen molar-refractivity contribution in [3.63, 3.8) is 0 Å². The van der Waals surface area contributed by atoms with Gasteiger partial charge in [0.05, 0.1) is 13.2 Å². The van der Waals surface area contributed by atoms with Crippen molar-refractivity contribution in [2.75, 3.05) is 13.2 Å². The summed E-state index contributed by atoms with van der Waals surface area (Å²) in [6.45, 7) is -0.0806. The molecule has 0 aromatic rings. The third-order valence-electron chi connectivity index (χ3n) is 1.91. The molecule has 1 fully saturated rings. The van der Waals surface area contributed by atoms with Crippen LogP contribution >= 0.6 is 0 Å². The van der Waals surface area contributed by atoms with E-state index in [1.54, 1.807) is 0 Å². The van der Waals surface area contributed by atoms with Gasteiger partial charge in [-0.15, -0.1) is 0 Å². The molecule has 1 aliphatic rings. The van der Waals surface area contributed by atoms with Gasteiger partial charge in [0.1, 0.15) is 18.2 Å². The summed E-state index contributed by atoms with van der Waals surface area (Å²) in [5, 5.41) is 14.2. The van der Waals surface area contributed by atoms with Crippen molar-refractivity contribution >= 4 is 0 Å². The Bertz CT molecular complexity index is 175. The summed E-state index contributed by atoms with van der Waals surface area (Å²) in [5.74, 6) is 0. The number of ether oxygens (including phenoxy) is 1. The number of nitroso groups, excluding NO2 is 2. The van der Waals surface area contributed by atoms with Crippen LogP contribution in [0.5, 0.6) is 0 Å². The maximum Gasteiger partial charge on any atom is 0.122 e. The van der Waals surface area contributed by atoms with Crippen LogP contribution in [-0.4, -0.2) is 36.5 Å². The molecule has 0 spiro atoms. The molecule has 68 valence electrons. The minimum Gasteiger partial charge on any atom is -0.394 e. The number of aliphatic hydroxyl groups excluding tert-OH is 1. The lowest BCUT2D eigenvalue weighted by molar-refractivity contribution is -0.0375. The highest BCUT2D eigenvalue weighted by molar-refractivity contribution is 4.86. The number of aliphatic hydroxyl groups is 1. The Morgan fingerprint density at radius 1 is 1.42 bits per heavy atom. The van der Waals surface area contributed by atoms with E-state index in [2.05, 4.69) is 10.4 Å². The summed E-state index contributed by atoms with van der Waals surface area (Å²) in [4.78, 5) is 20.3. The number of hydrogen-bond donors (Lipinski definition) is 1. The monoisotopic (exact) mass is 174 g/mol. The smallest absolute Gasteiger partial charge is 0.122 e. The maximum absolute atomic E-state index is 10.2. The second-order valence-corrected chi connectivity index (χ2v) is 2.72. The molecular weight excluding hydrogens is 164 g/mol. The maximum atomic E-state index is 10.2. The van der Waals surface area contributed by atoms with E-state index in [1.807, 2.05) is 0 Å². The van der Waals surface area contributed by atoms with Gasteiger partial charge < -0.3 is 9.84 Å². The highest BCUT2D eigenvalue weighted by Crippen LogP contribution is 2.19. The van der Waals surface area contributed by atoms with Crippen LogP contribution in [0.1, 0.15) is 6.42 Å². The van der Waals surface area contributed by atoms with Gasteiger partial charge >= 0.3 is 0 Å². The topological polar surface area (TPSA) is 88.3 Å². The van der Waals surface area contributed by atoms with Gasteiger partial charge in [0, 0.05) is 6.42 Å². The first-order valence-corrected chi connectivity index (χ1v) is 3.69. The molecular formula is C6H10N2O4. The van der Waals surface area contributed by atoms with Crippen LogP contribution in [0.15, 0.2) is 10.4 Å². The van der Waals surface area contributed by atoms with Crippen LogP contribution in [0.3, 0.4) is 0 Å². The van der Waals surface area contributed by atoms with Gasteiger partial charge in [-0.1, -0.05) is 10.4 Å². The normalized spacial score (nSPS) is 35.9. The summed E-state index contributed by atoms with van der Waals surface area (Å²) in [6.07, 6.45) is -0.293. The fourth-order valence-corrected chi connectivity index (χ4v) is 1.20. The van der Waals surface area contributed by atoms with Crippen LogP contribution in [0, 0.1) is 9.81 Å². The first-order valence-electron chi connectivity index (χ1n) is 3.69. The molecule has 1 heterocycles. The lowest BCUT2D eigenvalue weighted by Crippen LogP contribution is -2.41. The first kappa shape index (κ1) is 9.21. The van der Waals surface area contributed by atoms with Crippen molar-refractivity contribution in [3.05, 3.63) is 9.81 Å². The molecule has 12 heavy (non-hydrogen) atoms. The zero-order valence-electron chi connectivity index (χ0n) is 6.42. The minimum atomic E-state index is -0.647. The van der Waals surface area contributed by atoms with E-state index >= 15 is 0 Å². The van der Waals surface area contributed by atoms with Crippen LogP contribution in [0.25, 0.3) is 0 Å². The van der Waals surface area contributed by atoms with Crippen molar-refractivity contribution in [1.82, 2.24) is 0 Å². The molecule has 0 bridgehead atoms. The van der Waals surface area contributed by atoms with E-state index in [9.17, 15) is 9.81 Å². The molecule has 1 rings (SSSR count). The van der Waals surface area contributed by atoms with Crippen molar-refractivity contribution < 1.29 is 9.84 Å². The van der Waals surface area contributed by atoms with Gasteiger partial charge in [0.15, 0.2) is 0 Å². The van der Waals surface area contributed by atoms with E-state index in [0.29, 0.717) is 0 Å². The molecule has 1 N–H and O–H groups in total. The van der Waals surface area contributed by atoms with Crippen LogP contribution in [0.4, 0.5) is 0 Å². The summed E-state index contributed by atoms with van der Waals surface area (Å²) in [5.41, 5.74) is 0. The van der Waals surface area contributed by atoms with Gasteiger partial charge in [-0.25, -0.2) is 0 Å². The zero-order chi connectivity index (χ0) is 8.97. The average molecular weight is 174 g/mol. The second kappa shape index (κ2) is 4.22. The van der Waals surface area contributed by atoms with Gasteiger partial charge in [-0.2, -0.15) is 9.81 Å². The Labute approximate surface area is 68.9 Å². The molecule has 3 atom stereocenters. The lowest BCUT2D eigenvalue weighted by atomic mass is 10.0. The predicted molar refractivity (Wildman–Crippen MR) is 40.6 cm³/mol. The van der Waals surface area contributed by atoms with Crippen LogP contribution < -0.4 is 0 Å². The number of rotatable bonds is 3. The number of nitrogens with zero attached hydrogens (tertiary/aromatic N) is 2. The third-order valence-corrected chi connectivity index (χ3v) is 1.91. The SMILES string of the molecule is O=N[C@H]1CO[C@H](CO)[C@@H](N=O)C1. The summed E-state index contributed by atoms with van der Waals surface area (Å²) in [7, 11) is 0. The van der Waals surface area contributed by atoms with Crippen molar-refractivity contribution in [1.29, 1.82) is 0 Å². The molecule has 0 aromatic carbocycles. The van der Waals surface area contributed by atoms with E-state index in [0.717, 1.165) is 0 Å². The molecule has 6 heteroatoms. The Balaban J connectivity index is 2.52. The van der Waals surface area contributed by atoms with E-state index < -0.39 is 18.2 Å². The molecule has 0 radical (unpaired) electrons. The predicted octanol–water partition coefficient (Wildman–Crippen LogP) is 0.0376. The standard InChI is InChI=1S/C6H10N2O4/c9-2-6-5(8-11)1-4(7-10)3-12-6/h4-6,9H,1-3H2/t4-,5+,6-/m1/s1. The van der Waals surface area contributed by atoms with Crippen molar-refractivity contribution in [2.24, 2.45) is 10.4 Å². The van der Waals surface area contributed by atoms with Gasteiger partial charge in [0.2, 0.25) is 0 Å². The molecule has 6 nitrogen and oxygen atoms in total. The van der Waals surface area contributed by atoms with E-state index in [4.69, 9.17) is 9.84 Å². The van der Waals surface area contributed by atoms with Crippen molar-refractivity contribution in [2.45, 2.75) is 24.6 Å². The lowest BCUT2D eigenvalue weighted by Gasteiger charge is -2.27. The van der Waals surface area contributed by atoms with Crippen LogP contribution in [0.2, 0.25) is 0 Å². The number of hydrogen-bond acceptors (Lipinski definition) is 6. The molecule has 0 unspecified atom stereocenters. The van der Waals surface area contributed by atoms with Gasteiger partial charge in [-0.05, 0) is 0 Å². The Kier molecular flexibility index (Phi) is 3.24. The fourth-order valence-electron chi connectivity index (χ4n) is 1.20. The Morgan fingerprint density at radius 3 is 2.67 bits per heavy atom. The highest BCUT2D eigenvalue weighted by atomic mass is 16.5. The van der Waals surface area contributed by atoms with Crippen molar-refractivity contribution in [3.8, 4) is 0 Å². The summed E-state index contributed by atoms with van der Waals surface area (Å²) >= 11 is 0. The third kappa shape index (κ3) is 1.83. The summed E-state index contributed by atoms with van der Waals surface area (Å²) in [6, 6.07) is -1.15. The zero-order valence-corrected chi connectivity index (χ0v) is 6.42. The summed E-state index contributed by atoms with van der Waals surface area (Å²) < 4.78 is 5.00. The largest absolute Gasteiger partial charge is 0.394 e. The Hall–Kier alpha value is -0.880. The molecule has 1 saturated heterocycles. The van der Waals surface area contributed by atoms with Gasteiger partial charge in [0.25, 0.3) is 0 Å². The quantitative estimate of drug-likeness (QED) is 0.611. The van der Waals surface area contributed by atoms with Crippen LogP contribution in [-0.2, 0) is 4.74 Å². The molecule has 1 aliphatic heterocycles. The Morgan fingerprint density at radius 2 is 2.17 bits per heavy atom.